The van der Waals surface area contributed by atoms with Gasteiger partial charge in [0.25, 0.3) is 0 Å². The van der Waals surface area contributed by atoms with Crippen LogP contribution in [-0.2, 0) is 9.84 Å². The third-order valence-corrected chi connectivity index (χ3v) is 3.62. The molecule has 18 heavy (non-hydrogen) atoms. The molecule has 0 aromatic heterocycles. The van der Waals surface area contributed by atoms with E-state index in [0.29, 0.717) is 11.3 Å². The van der Waals surface area contributed by atoms with Crippen molar-refractivity contribution in [2.75, 3.05) is 17.3 Å². The van der Waals surface area contributed by atoms with Gasteiger partial charge in [-0.3, -0.25) is 0 Å². The number of anilines is 1. The molecule has 1 rings (SSSR count). The Morgan fingerprint density at radius 3 is 2.56 bits per heavy atom. The first-order chi connectivity index (χ1) is 8.20. The highest BCUT2D eigenvalue weighted by Gasteiger charge is 2.14. The third kappa shape index (κ3) is 4.03. The van der Waals surface area contributed by atoms with Gasteiger partial charge >= 0.3 is 5.97 Å². The quantitative estimate of drug-likeness (QED) is 0.848. The standard InChI is InChI=1S/C12H17NO4S/c1-8(7-18(3,16)17)13-11-6-4-5-10(9(11)2)12(14)15/h4-6,8,13H,7H2,1-3H3,(H,14,15). The zero-order valence-electron chi connectivity index (χ0n) is 10.6. The number of rotatable bonds is 5. The van der Waals surface area contributed by atoms with Crippen molar-refractivity contribution < 1.29 is 18.3 Å². The Labute approximate surface area is 107 Å². The van der Waals surface area contributed by atoms with E-state index in [0.717, 1.165) is 0 Å². The number of nitrogens with one attached hydrogen (secondary N) is 1. The maximum absolute atomic E-state index is 11.2. The Bertz CT molecular complexity index is 551. The maximum Gasteiger partial charge on any atom is 0.336 e. The van der Waals surface area contributed by atoms with Crippen LogP contribution in [0.15, 0.2) is 18.2 Å². The van der Waals surface area contributed by atoms with Gasteiger partial charge in [0.2, 0.25) is 0 Å². The average molecular weight is 271 g/mol. The summed E-state index contributed by atoms with van der Waals surface area (Å²) in [7, 11) is -3.06. The minimum Gasteiger partial charge on any atom is -0.478 e. The number of carboxylic acid groups (broad SMARTS) is 1. The minimum absolute atomic E-state index is 0.00371. The Morgan fingerprint density at radius 1 is 1.44 bits per heavy atom. The molecule has 1 aromatic carbocycles. The van der Waals surface area contributed by atoms with E-state index in [2.05, 4.69) is 5.32 Å². The van der Waals surface area contributed by atoms with E-state index in [1.54, 1.807) is 26.0 Å². The molecule has 0 spiro atoms. The molecule has 100 valence electrons. The molecule has 0 fully saturated rings. The van der Waals surface area contributed by atoms with Gasteiger partial charge in [-0.05, 0) is 31.5 Å². The summed E-state index contributed by atoms with van der Waals surface area (Å²) in [6.45, 7) is 3.44. The summed E-state index contributed by atoms with van der Waals surface area (Å²) in [5.41, 5.74) is 1.46. The van der Waals surface area contributed by atoms with Crippen LogP contribution in [0.3, 0.4) is 0 Å². The highest BCUT2D eigenvalue weighted by Crippen LogP contribution is 2.19. The largest absolute Gasteiger partial charge is 0.478 e. The molecule has 0 aliphatic rings. The van der Waals surface area contributed by atoms with Crippen LogP contribution in [0.4, 0.5) is 5.69 Å². The predicted molar refractivity (Wildman–Crippen MR) is 70.9 cm³/mol. The van der Waals surface area contributed by atoms with E-state index in [-0.39, 0.29) is 17.4 Å². The topological polar surface area (TPSA) is 83.5 Å². The number of sulfone groups is 1. The SMILES string of the molecule is Cc1c(NC(C)CS(C)(=O)=O)cccc1C(=O)O. The normalized spacial score (nSPS) is 13.1. The number of carbonyl (C=O) groups is 1. The molecule has 0 saturated heterocycles. The first-order valence-corrected chi connectivity index (χ1v) is 7.54. The van der Waals surface area contributed by atoms with Crippen LogP contribution >= 0.6 is 0 Å². The molecule has 6 heteroatoms. The molecular formula is C12H17NO4S. The first-order valence-electron chi connectivity index (χ1n) is 5.48. The summed E-state index contributed by atoms with van der Waals surface area (Å²) in [6.07, 6.45) is 1.17. The molecule has 2 N–H and O–H groups in total. The summed E-state index contributed by atoms with van der Waals surface area (Å²) in [5, 5.41) is 12.0. The van der Waals surface area contributed by atoms with Crippen molar-refractivity contribution >= 4 is 21.5 Å². The van der Waals surface area contributed by atoms with Crippen LogP contribution in [0, 0.1) is 6.92 Å². The molecule has 0 amide bonds. The average Bonchev–Trinajstić information content (AvgIpc) is 2.17. The summed E-state index contributed by atoms with van der Waals surface area (Å²) in [6, 6.07) is 4.61. The van der Waals surface area contributed by atoms with Crippen molar-refractivity contribution in [3.8, 4) is 0 Å². The van der Waals surface area contributed by atoms with Gasteiger partial charge in [0, 0.05) is 18.0 Å². The monoisotopic (exact) mass is 271 g/mol. The lowest BCUT2D eigenvalue weighted by Gasteiger charge is -2.17. The number of aromatic carboxylic acids is 1. The lowest BCUT2D eigenvalue weighted by atomic mass is 10.1. The second-order valence-corrected chi connectivity index (χ2v) is 6.61. The first kappa shape index (κ1) is 14.5. The van der Waals surface area contributed by atoms with Gasteiger partial charge in [-0.15, -0.1) is 0 Å². The summed E-state index contributed by atoms with van der Waals surface area (Å²) in [4.78, 5) is 11.0. The van der Waals surface area contributed by atoms with E-state index < -0.39 is 15.8 Å². The van der Waals surface area contributed by atoms with Crippen LogP contribution in [0.25, 0.3) is 0 Å². The molecule has 0 aliphatic carbocycles. The number of carboxylic acids is 1. The highest BCUT2D eigenvalue weighted by molar-refractivity contribution is 7.90. The molecule has 0 aliphatic heterocycles. The molecule has 1 aromatic rings. The van der Waals surface area contributed by atoms with Crippen LogP contribution in [0.2, 0.25) is 0 Å². The van der Waals surface area contributed by atoms with Crippen molar-refractivity contribution in [2.24, 2.45) is 0 Å². The van der Waals surface area contributed by atoms with E-state index in [1.807, 2.05) is 0 Å². The fourth-order valence-electron chi connectivity index (χ4n) is 1.78. The van der Waals surface area contributed by atoms with Gasteiger partial charge in [-0.2, -0.15) is 0 Å². The Morgan fingerprint density at radius 2 is 2.06 bits per heavy atom. The molecule has 1 unspecified atom stereocenters. The Kier molecular flexibility index (Phi) is 4.34. The van der Waals surface area contributed by atoms with Crippen molar-refractivity contribution in [1.82, 2.24) is 0 Å². The summed E-state index contributed by atoms with van der Waals surface area (Å²) < 4.78 is 22.3. The molecule has 1 atom stereocenters. The predicted octanol–water partition coefficient (Wildman–Crippen LogP) is 1.54. The van der Waals surface area contributed by atoms with E-state index in [9.17, 15) is 13.2 Å². The van der Waals surface area contributed by atoms with Crippen LogP contribution in [0.1, 0.15) is 22.8 Å². The number of hydrogen-bond acceptors (Lipinski definition) is 4. The molecule has 5 nitrogen and oxygen atoms in total. The number of hydrogen-bond donors (Lipinski definition) is 2. The van der Waals surface area contributed by atoms with Crippen molar-refractivity contribution in [3.05, 3.63) is 29.3 Å². The van der Waals surface area contributed by atoms with Crippen molar-refractivity contribution in [3.63, 3.8) is 0 Å². The van der Waals surface area contributed by atoms with E-state index in [1.165, 1.54) is 12.3 Å². The Balaban J connectivity index is 2.92. The molecule has 0 saturated carbocycles. The van der Waals surface area contributed by atoms with Crippen molar-refractivity contribution in [2.45, 2.75) is 19.9 Å². The van der Waals surface area contributed by atoms with Crippen molar-refractivity contribution in [1.29, 1.82) is 0 Å². The minimum atomic E-state index is -3.06. The number of benzene rings is 1. The van der Waals surface area contributed by atoms with Gasteiger partial charge in [-0.25, -0.2) is 13.2 Å². The van der Waals surface area contributed by atoms with E-state index in [4.69, 9.17) is 5.11 Å². The zero-order chi connectivity index (χ0) is 13.9. The van der Waals surface area contributed by atoms with Crippen LogP contribution in [-0.4, -0.2) is 37.5 Å². The third-order valence-electron chi connectivity index (χ3n) is 2.52. The fraction of sp³-hybridized carbons (Fsp3) is 0.417. The fourth-order valence-corrected chi connectivity index (χ4v) is 2.78. The Hall–Kier alpha value is -1.56. The molecule has 0 radical (unpaired) electrons. The summed E-state index contributed by atoms with van der Waals surface area (Å²) >= 11 is 0. The van der Waals surface area contributed by atoms with Crippen LogP contribution < -0.4 is 5.32 Å². The van der Waals surface area contributed by atoms with Gasteiger partial charge in [-0.1, -0.05) is 6.07 Å². The smallest absolute Gasteiger partial charge is 0.336 e. The summed E-state index contributed by atoms with van der Waals surface area (Å²) in [5.74, 6) is -0.990. The van der Waals surface area contributed by atoms with Gasteiger partial charge in [0.1, 0.15) is 9.84 Å². The van der Waals surface area contributed by atoms with E-state index >= 15 is 0 Å². The van der Waals surface area contributed by atoms with Crippen LogP contribution in [0.5, 0.6) is 0 Å². The molecular weight excluding hydrogens is 254 g/mol. The van der Waals surface area contributed by atoms with Gasteiger partial charge in [0.15, 0.2) is 0 Å². The second kappa shape index (κ2) is 5.39. The zero-order valence-corrected chi connectivity index (χ0v) is 11.4. The maximum atomic E-state index is 11.2. The lowest BCUT2D eigenvalue weighted by molar-refractivity contribution is 0.0696. The van der Waals surface area contributed by atoms with Gasteiger partial charge < -0.3 is 10.4 Å². The van der Waals surface area contributed by atoms with Gasteiger partial charge in [0.05, 0.1) is 11.3 Å². The molecule has 0 heterocycles. The second-order valence-electron chi connectivity index (χ2n) is 4.42. The molecule has 0 bridgehead atoms. The lowest BCUT2D eigenvalue weighted by Crippen LogP contribution is -2.25. The highest BCUT2D eigenvalue weighted by atomic mass is 32.2.